The summed E-state index contributed by atoms with van der Waals surface area (Å²) >= 11 is 7.41. The zero-order valence-corrected chi connectivity index (χ0v) is 17.1. The van der Waals surface area contributed by atoms with Crippen LogP contribution >= 0.6 is 23.4 Å². The van der Waals surface area contributed by atoms with Gasteiger partial charge in [-0.05, 0) is 48.5 Å². The minimum atomic E-state index is -1.14. The number of benzene rings is 2. The van der Waals surface area contributed by atoms with Crippen LogP contribution < -0.4 is 15.2 Å². The van der Waals surface area contributed by atoms with E-state index in [1.807, 2.05) is 30.3 Å². The van der Waals surface area contributed by atoms with Crippen molar-refractivity contribution in [3.63, 3.8) is 0 Å². The number of carbonyl (C=O) groups excluding carboxylic acids is 2. The molecule has 30 heavy (non-hydrogen) atoms. The van der Waals surface area contributed by atoms with Gasteiger partial charge >= 0.3 is 0 Å². The second kappa shape index (κ2) is 7.23. The Morgan fingerprint density at radius 2 is 1.83 bits per heavy atom. The van der Waals surface area contributed by atoms with Crippen LogP contribution in [0.25, 0.3) is 0 Å². The molecule has 1 unspecified atom stereocenters. The maximum absolute atomic E-state index is 13.3. The number of furan rings is 1. The highest BCUT2D eigenvalue weighted by Gasteiger charge is 2.57. The van der Waals surface area contributed by atoms with Crippen molar-refractivity contribution in [2.45, 2.75) is 5.12 Å². The lowest BCUT2D eigenvalue weighted by atomic mass is 10.2. The first-order valence-electron chi connectivity index (χ1n) is 9.11. The molecule has 5 rings (SSSR count). The van der Waals surface area contributed by atoms with Gasteiger partial charge in [-0.1, -0.05) is 41.6 Å². The van der Waals surface area contributed by atoms with Crippen LogP contribution in [0.2, 0.25) is 5.02 Å². The highest BCUT2D eigenvalue weighted by Crippen LogP contribution is 2.45. The van der Waals surface area contributed by atoms with Gasteiger partial charge < -0.3 is 9.73 Å². The molecule has 3 aromatic rings. The molecule has 1 saturated heterocycles. The molecule has 2 aromatic carbocycles. The van der Waals surface area contributed by atoms with Crippen LogP contribution in [0.4, 0.5) is 11.4 Å². The summed E-state index contributed by atoms with van der Waals surface area (Å²) in [6.45, 7) is 0. The van der Waals surface area contributed by atoms with Crippen LogP contribution in [0, 0.1) is 0 Å². The van der Waals surface area contributed by atoms with Crippen molar-refractivity contribution < 1.29 is 14.0 Å². The number of thioether (sulfide) groups is 1. The summed E-state index contributed by atoms with van der Waals surface area (Å²) in [5.74, 6) is -0.00771. The summed E-state index contributed by atoms with van der Waals surface area (Å²) in [6.07, 6.45) is 1.44. The number of amides is 1. The third-order valence-electron chi connectivity index (χ3n) is 4.74. The Hall–Kier alpha value is -3.23. The van der Waals surface area contributed by atoms with E-state index in [0.29, 0.717) is 16.4 Å². The zero-order chi connectivity index (χ0) is 20.7. The van der Waals surface area contributed by atoms with Gasteiger partial charge in [0, 0.05) is 10.7 Å². The molecule has 1 amide bonds. The summed E-state index contributed by atoms with van der Waals surface area (Å²) in [7, 11) is 0. The highest BCUT2D eigenvalue weighted by molar-refractivity contribution is 8.02. The van der Waals surface area contributed by atoms with Gasteiger partial charge in [-0.3, -0.25) is 14.5 Å². The van der Waals surface area contributed by atoms with Crippen LogP contribution in [-0.2, 0) is 4.79 Å². The Bertz CT molecular complexity index is 1130. The number of para-hydroxylation sites is 1. The van der Waals surface area contributed by atoms with E-state index in [9.17, 15) is 9.59 Å². The third-order valence-corrected chi connectivity index (χ3v) is 6.26. The number of amidine groups is 1. The van der Waals surface area contributed by atoms with Crippen molar-refractivity contribution in [1.29, 1.82) is 0 Å². The van der Waals surface area contributed by atoms with Gasteiger partial charge in [0.05, 0.1) is 17.7 Å². The number of anilines is 2. The molecule has 1 aromatic heterocycles. The van der Waals surface area contributed by atoms with Crippen LogP contribution in [0.1, 0.15) is 10.6 Å². The molecule has 1 N–H and O–H groups in total. The first kappa shape index (κ1) is 18.8. The number of carbonyl (C=O) groups is 2. The fourth-order valence-corrected chi connectivity index (χ4v) is 4.76. The molecule has 150 valence electrons. The van der Waals surface area contributed by atoms with Crippen LogP contribution in [0.15, 0.2) is 82.5 Å². The number of hydrogen-bond donors (Lipinski definition) is 1. The number of rotatable bonds is 4. The predicted molar refractivity (Wildman–Crippen MR) is 117 cm³/mol. The summed E-state index contributed by atoms with van der Waals surface area (Å²) in [4.78, 5) is 27.4. The Kier molecular flexibility index (Phi) is 4.52. The monoisotopic (exact) mass is 438 g/mol. The van der Waals surface area contributed by atoms with Crippen molar-refractivity contribution >= 4 is 52.3 Å². The minimum absolute atomic E-state index is 0.140. The lowest BCUT2D eigenvalue weighted by Crippen LogP contribution is -2.62. The maximum atomic E-state index is 13.3. The largest absolute Gasteiger partial charge is 0.461 e. The van der Waals surface area contributed by atoms with E-state index < -0.39 is 5.12 Å². The van der Waals surface area contributed by atoms with Crippen LogP contribution in [0.3, 0.4) is 0 Å². The van der Waals surface area contributed by atoms with Gasteiger partial charge in [0.15, 0.2) is 5.76 Å². The number of hydrogen-bond acceptors (Lipinski definition) is 7. The molecule has 1 fully saturated rings. The molecule has 3 heterocycles. The molecule has 7 nitrogen and oxygen atoms in total. The molecule has 2 aliphatic rings. The summed E-state index contributed by atoms with van der Waals surface area (Å²) < 4.78 is 5.33. The highest BCUT2D eigenvalue weighted by atomic mass is 35.5. The van der Waals surface area contributed by atoms with E-state index in [-0.39, 0.29) is 29.0 Å². The SMILES string of the molecule is O=C1CSC2(N1)N(c1ccc(Cl)cc1)N=C(C(=O)c1ccco1)N2c1ccccc1. The molecule has 2 aliphatic heterocycles. The van der Waals surface area contributed by atoms with Crippen LogP contribution in [0.5, 0.6) is 0 Å². The van der Waals surface area contributed by atoms with Crippen molar-refractivity contribution in [2.75, 3.05) is 15.7 Å². The van der Waals surface area contributed by atoms with Gasteiger partial charge in [0.1, 0.15) is 0 Å². The van der Waals surface area contributed by atoms with Crippen LogP contribution in [-0.4, -0.2) is 28.4 Å². The van der Waals surface area contributed by atoms with Crippen molar-refractivity contribution in [3.05, 3.63) is 83.8 Å². The Labute approximate surface area is 181 Å². The van der Waals surface area contributed by atoms with E-state index in [1.165, 1.54) is 18.0 Å². The number of nitrogens with zero attached hydrogens (tertiary/aromatic N) is 3. The van der Waals surface area contributed by atoms with Crippen molar-refractivity contribution in [3.8, 4) is 0 Å². The molecule has 1 spiro atoms. The lowest BCUT2D eigenvalue weighted by Gasteiger charge is -2.39. The zero-order valence-electron chi connectivity index (χ0n) is 15.5. The first-order valence-corrected chi connectivity index (χ1v) is 10.5. The van der Waals surface area contributed by atoms with E-state index >= 15 is 0 Å². The number of ketones is 1. The maximum Gasteiger partial charge on any atom is 0.268 e. The normalized spacial score (nSPS) is 20.6. The average molecular weight is 439 g/mol. The van der Waals surface area contributed by atoms with Gasteiger partial charge in [-0.25, -0.2) is 5.01 Å². The second-order valence-corrected chi connectivity index (χ2v) is 8.22. The summed E-state index contributed by atoms with van der Waals surface area (Å²) in [5, 5.41) is 8.76. The molecule has 1 atom stereocenters. The fraction of sp³-hybridized carbons (Fsp3) is 0.0952. The van der Waals surface area contributed by atoms with E-state index in [2.05, 4.69) is 10.4 Å². The van der Waals surface area contributed by atoms with Gasteiger partial charge in [0.25, 0.3) is 10.9 Å². The lowest BCUT2D eigenvalue weighted by molar-refractivity contribution is -0.118. The number of halogens is 1. The predicted octanol–water partition coefficient (Wildman–Crippen LogP) is 3.93. The Balaban J connectivity index is 1.70. The standard InChI is InChI=1S/C21H15ClN4O3S/c22-14-8-10-16(11-9-14)26-21(23-18(27)13-30-21)25(15-5-2-1-3-6-15)20(24-26)19(28)17-7-4-12-29-17/h1-12H,13H2,(H,23,27). The average Bonchev–Trinajstić information content (AvgIpc) is 3.49. The smallest absolute Gasteiger partial charge is 0.268 e. The molecule has 0 bridgehead atoms. The molecule has 9 heteroatoms. The Morgan fingerprint density at radius 1 is 1.07 bits per heavy atom. The number of Topliss-reactive ketones (excluding diaryl/α,β-unsaturated/α-hetero) is 1. The molecule has 0 radical (unpaired) electrons. The summed E-state index contributed by atoms with van der Waals surface area (Å²) in [6, 6.07) is 19.6. The molecule has 0 saturated carbocycles. The van der Waals surface area contributed by atoms with Gasteiger partial charge in [-0.2, -0.15) is 0 Å². The minimum Gasteiger partial charge on any atom is -0.461 e. The number of hydrazone groups is 1. The van der Waals surface area contributed by atoms with E-state index in [4.69, 9.17) is 16.0 Å². The third kappa shape index (κ3) is 2.96. The molecular weight excluding hydrogens is 424 g/mol. The second-order valence-electron chi connectivity index (χ2n) is 6.63. The van der Waals surface area contributed by atoms with E-state index in [0.717, 1.165) is 0 Å². The quantitative estimate of drug-likeness (QED) is 0.622. The Morgan fingerprint density at radius 3 is 2.47 bits per heavy atom. The fourth-order valence-electron chi connectivity index (χ4n) is 3.45. The first-order chi connectivity index (χ1) is 14.6. The molecule has 0 aliphatic carbocycles. The van der Waals surface area contributed by atoms with Gasteiger partial charge in [-0.15, -0.1) is 5.10 Å². The topological polar surface area (TPSA) is 78.1 Å². The molecular formula is C21H15ClN4O3S. The van der Waals surface area contributed by atoms with Crippen molar-refractivity contribution in [2.24, 2.45) is 5.10 Å². The number of nitrogens with one attached hydrogen (secondary N) is 1. The van der Waals surface area contributed by atoms with Crippen molar-refractivity contribution in [1.82, 2.24) is 5.32 Å². The summed E-state index contributed by atoms with van der Waals surface area (Å²) in [5.41, 5.74) is 1.39. The van der Waals surface area contributed by atoms with Gasteiger partial charge in [0.2, 0.25) is 11.7 Å². The van der Waals surface area contributed by atoms with E-state index in [1.54, 1.807) is 46.3 Å².